The number of hydrogen-bond donors (Lipinski definition) is 1. The number of ether oxygens (including phenoxy) is 1. The van der Waals surface area contributed by atoms with Crippen molar-refractivity contribution in [2.24, 2.45) is 5.92 Å². The second-order valence-electron chi connectivity index (χ2n) is 5.41. The van der Waals surface area contributed by atoms with Gasteiger partial charge in [-0.15, -0.1) is 0 Å². The Morgan fingerprint density at radius 3 is 2.64 bits per heavy atom. The van der Waals surface area contributed by atoms with Crippen LogP contribution in [0.15, 0.2) is 15.1 Å². The largest absolute Gasteiger partial charge is 0.381 e. The van der Waals surface area contributed by atoms with Gasteiger partial charge in [-0.25, -0.2) is 0 Å². The van der Waals surface area contributed by atoms with Crippen LogP contribution in [0.5, 0.6) is 0 Å². The SMILES string of the molecule is Cc1cc(C(=O)NC(c2nc(C)no2)C2CCOCC2)on1. The van der Waals surface area contributed by atoms with Crippen LogP contribution in [0.3, 0.4) is 0 Å². The van der Waals surface area contributed by atoms with Gasteiger partial charge < -0.3 is 19.1 Å². The fourth-order valence-corrected chi connectivity index (χ4v) is 2.55. The van der Waals surface area contributed by atoms with Gasteiger partial charge >= 0.3 is 0 Å². The zero-order valence-electron chi connectivity index (χ0n) is 12.5. The second-order valence-corrected chi connectivity index (χ2v) is 5.41. The average molecular weight is 306 g/mol. The van der Waals surface area contributed by atoms with Gasteiger partial charge in [0.15, 0.2) is 5.82 Å². The minimum Gasteiger partial charge on any atom is -0.381 e. The van der Waals surface area contributed by atoms with Gasteiger partial charge in [-0.05, 0) is 32.6 Å². The standard InChI is InChI=1S/C14H18N4O4/c1-8-7-11(21-17-8)13(19)16-12(10-3-5-20-6-4-10)14-15-9(2)18-22-14/h7,10,12H,3-6H2,1-2H3,(H,16,19). The summed E-state index contributed by atoms with van der Waals surface area (Å²) in [5, 5.41) is 10.5. The molecule has 3 heterocycles. The van der Waals surface area contributed by atoms with Gasteiger partial charge in [-0.1, -0.05) is 10.3 Å². The molecule has 8 heteroatoms. The predicted molar refractivity (Wildman–Crippen MR) is 74.0 cm³/mol. The number of nitrogens with zero attached hydrogens (tertiary/aromatic N) is 3. The summed E-state index contributed by atoms with van der Waals surface area (Å²) in [6.45, 7) is 4.82. The molecule has 1 unspecified atom stereocenters. The maximum Gasteiger partial charge on any atom is 0.290 e. The van der Waals surface area contributed by atoms with Crippen LogP contribution in [-0.2, 0) is 4.74 Å². The van der Waals surface area contributed by atoms with Crippen molar-refractivity contribution in [1.82, 2.24) is 20.6 Å². The zero-order chi connectivity index (χ0) is 15.5. The molecule has 1 saturated heterocycles. The highest BCUT2D eigenvalue weighted by molar-refractivity contribution is 5.91. The van der Waals surface area contributed by atoms with E-state index in [4.69, 9.17) is 13.8 Å². The predicted octanol–water partition coefficient (Wildman–Crippen LogP) is 1.57. The molecule has 0 radical (unpaired) electrons. The summed E-state index contributed by atoms with van der Waals surface area (Å²) in [5.41, 5.74) is 0.654. The van der Waals surface area contributed by atoms with Crippen LogP contribution in [0.4, 0.5) is 0 Å². The van der Waals surface area contributed by atoms with Crippen LogP contribution in [0.25, 0.3) is 0 Å². The zero-order valence-corrected chi connectivity index (χ0v) is 12.5. The van der Waals surface area contributed by atoms with Crippen LogP contribution in [0.2, 0.25) is 0 Å². The molecule has 3 rings (SSSR count). The van der Waals surface area contributed by atoms with E-state index >= 15 is 0 Å². The van der Waals surface area contributed by atoms with E-state index in [1.807, 2.05) is 0 Å². The first kappa shape index (κ1) is 14.7. The Morgan fingerprint density at radius 2 is 2.05 bits per heavy atom. The van der Waals surface area contributed by atoms with E-state index in [1.165, 1.54) is 0 Å². The third-order valence-electron chi connectivity index (χ3n) is 3.69. The number of carbonyl (C=O) groups is 1. The van der Waals surface area contributed by atoms with E-state index in [0.29, 0.717) is 30.6 Å². The van der Waals surface area contributed by atoms with E-state index in [-0.39, 0.29) is 23.6 Å². The maximum absolute atomic E-state index is 12.3. The van der Waals surface area contributed by atoms with Crippen molar-refractivity contribution >= 4 is 5.91 Å². The molecule has 8 nitrogen and oxygen atoms in total. The molecule has 1 fully saturated rings. The molecule has 2 aromatic heterocycles. The minimum absolute atomic E-state index is 0.172. The lowest BCUT2D eigenvalue weighted by Gasteiger charge is -2.28. The summed E-state index contributed by atoms with van der Waals surface area (Å²) in [4.78, 5) is 16.6. The second kappa shape index (κ2) is 6.27. The lowest BCUT2D eigenvalue weighted by molar-refractivity contribution is 0.0462. The van der Waals surface area contributed by atoms with Crippen molar-refractivity contribution in [2.75, 3.05) is 13.2 Å². The van der Waals surface area contributed by atoms with Crippen LogP contribution in [-0.4, -0.2) is 34.4 Å². The molecule has 0 aromatic carbocycles. The van der Waals surface area contributed by atoms with Crippen molar-refractivity contribution in [3.63, 3.8) is 0 Å². The van der Waals surface area contributed by atoms with Gasteiger partial charge in [0.05, 0.1) is 5.69 Å². The molecule has 0 aliphatic carbocycles. The fourth-order valence-electron chi connectivity index (χ4n) is 2.55. The first-order valence-electron chi connectivity index (χ1n) is 7.25. The Bertz CT molecular complexity index is 645. The highest BCUT2D eigenvalue weighted by Crippen LogP contribution is 2.29. The summed E-state index contributed by atoms with van der Waals surface area (Å²) in [7, 11) is 0. The Labute approximate surface area is 127 Å². The molecule has 22 heavy (non-hydrogen) atoms. The number of amides is 1. The van der Waals surface area contributed by atoms with Crippen LogP contribution in [0, 0.1) is 19.8 Å². The smallest absolute Gasteiger partial charge is 0.290 e. The van der Waals surface area contributed by atoms with E-state index < -0.39 is 0 Å². The number of aromatic nitrogens is 3. The summed E-state index contributed by atoms with van der Waals surface area (Å²) in [5.74, 6) is 0.964. The monoisotopic (exact) mass is 306 g/mol. The van der Waals surface area contributed by atoms with Crippen LogP contribution in [0.1, 0.15) is 46.8 Å². The fraction of sp³-hybridized carbons (Fsp3) is 0.571. The third-order valence-corrected chi connectivity index (χ3v) is 3.69. The molecule has 1 aliphatic rings. The number of nitrogens with one attached hydrogen (secondary N) is 1. The summed E-state index contributed by atoms with van der Waals surface area (Å²) in [6, 6.07) is 1.23. The summed E-state index contributed by atoms with van der Waals surface area (Å²) in [6.07, 6.45) is 1.64. The molecule has 1 atom stereocenters. The first-order valence-corrected chi connectivity index (χ1v) is 7.25. The lowest BCUT2D eigenvalue weighted by Crippen LogP contribution is -2.36. The average Bonchev–Trinajstić information content (AvgIpc) is 3.14. The van der Waals surface area contributed by atoms with E-state index in [9.17, 15) is 4.79 Å². The lowest BCUT2D eigenvalue weighted by atomic mass is 9.91. The van der Waals surface area contributed by atoms with Crippen molar-refractivity contribution in [2.45, 2.75) is 32.7 Å². The van der Waals surface area contributed by atoms with E-state index in [0.717, 1.165) is 12.8 Å². The van der Waals surface area contributed by atoms with Gasteiger partial charge in [0.2, 0.25) is 11.7 Å². The normalized spacial score (nSPS) is 17.4. The Hall–Kier alpha value is -2.22. The Kier molecular flexibility index (Phi) is 4.19. The minimum atomic E-state index is -0.358. The first-order chi connectivity index (χ1) is 10.6. The van der Waals surface area contributed by atoms with Crippen molar-refractivity contribution < 1.29 is 18.6 Å². The molecule has 0 bridgehead atoms. The molecule has 118 valence electrons. The molecular formula is C14H18N4O4. The number of rotatable bonds is 4. The molecule has 0 spiro atoms. The van der Waals surface area contributed by atoms with Gasteiger partial charge in [0, 0.05) is 19.3 Å². The quantitative estimate of drug-likeness (QED) is 0.914. The summed E-state index contributed by atoms with van der Waals surface area (Å²) < 4.78 is 15.6. The van der Waals surface area contributed by atoms with Crippen molar-refractivity contribution in [3.8, 4) is 0 Å². The number of carbonyl (C=O) groups excluding carboxylic acids is 1. The number of hydrogen-bond acceptors (Lipinski definition) is 7. The molecular weight excluding hydrogens is 288 g/mol. The molecule has 2 aromatic rings. The molecule has 1 amide bonds. The highest BCUT2D eigenvalue weighted by Gasteiger charge is 2.32. The van der Waals surface area contributed by atoms with Crippen molar-refractivity contribution in [3.05, 3.63) is 29.2 Å². The van der Waals surface area contributed by atoms with E-state index in [1.54, 1.807) is 19.9 Å². The summed E-state index contributed by atoms with van der Waals surface area (Å²) >= 11 is 0. The molecule has 0 saturated carbocycles. The van der Waals surface area contributed by atoms with Crippen molar-refractivity contribution in [1.29, 1.82) is 0 Å². The maximum atomic E-state index is 12.3. The third kappa shape index (κ3) is 3.16. The van der Waals surface area contributed by atoms with Gasteiger partial charge in [0.1, 0.15) is 6.04 Å². The van der Waals surface area contributed by atoms with Gasteiger partial charge in [-0.3, -0.25) is 4.79 Å². The molecule has 1 N–H and O–H groups in total. The van der Waals surface area contributed by atoms with Gasteiger partial charge in [0.25, 0.3) is 5.91 Å². The van der Waals surface area contributed by atoms with Crippen LogP contribution < -0.4 is 5.32 Å². The van der Waals surface area contributed by atoms with E-state index in [2.05, 4.69) is 20.6 Å². The Balaban J connectivity index is 1.80. The van der Waals surface area contributed by atoms with Crippen LogP contribution >= 0.6 is 0 Å². The van der Waals surface area contributed by atoms with Gasteiger partial charge in [-0.2, -0.15) is 4.98 Å². The highest BCUT2D eigenvalue weighted by atomic mass is 16.5. The Morgan fingerprint density at radius 1 is 1.27 bits per heavy atom. The number of aryl methyl sites for hydroxylation is 2. The topological polar surface area (TPSA) is 103 Å². The molecule has 1 aliphatic heterocycles.